The minimum atomic E-state index is -0.169. The van der Waals surface area contributed by atoms with Gasteiger partial charge in [0.1, 0.15) is 16.9 Å². The van der Waals surface area contributed by atoms with Crippen molar-refractivity contribution < 1.29 is 18.7 Å². The van der Waals surface area contributed by atoms with Gasteiger partial charge in [-0.2, -0.15) is 0 Å². The summed E-state index contributed by atoms with van der Waals surface area (Å²) in [6, 6.07) is 11.9. The molecule has 4 nitrogen and oxygen atoms in total. The topological polar surface area (TPSA) is 48.7 Å². The van der Waals surface area contributed by atoms with E-state index in [9.17, 15) is 4.79 Å². The lowest BCUT2D eigenvalue weighted by Crippen LogP contribution is -2.06. The van der Waals surface area contributed by atoms with Crippen LogP contribution in [0.1, 0.15) is 12.5 Å². The molecule has 1 heterocycles. The Morgan fingerprint density at radius 3 is 2.61 bits per heavy atom. The lowest BCUT2D eigenvalue weighted by Gasteiger charge is -2.03. The van der Waals surface area contributed by atoms with E-state index in [4.69, 9.17) is 13.9 Å². The van der Waals surface area contributed by atoms with Crippen molar-refractivity contribution in [1.82, 2.24) is 0 Å². The van der Waals surface area contributed by atoms with Crippen molar-refractivity contribution in [2.24, 2.45) is 0 Å². The van der Waals surface area contributed by atoms with E-state index in [1.54, 1.807) is 18.9 Å². The number of methoxy groups -OCH3 is 1. The maximum absolute atomic E-state index is 11.4. The van der Waals surface area contributed by atoms with E-state index in [-0.39, 0.29) is 5.97 Å². The van der Waals surface area contributed by atoms with Crippen LogP contribution in [-0.2, 0) is 15.3 Å². The summed E-state index contributed by atoms with van der Waals surface area (Å²) >= 11 is 1.55. The van der Waals surface area contributed by atoms with Gasteiger partial charge >= 0.3 is 5.97 Å². The van der Waals surface area contributed by atoms with Gasteiger partial charge in [-0.15, -0.1) is 11.8 Å². The Hall–Kier alpha value is -2.14. The highest BCUT2D eigenvalue weighted by atomic mass is 32.2. The number of esters is 1. The predicted molar refractivity (Wildman–Crippen MR) is 93.1 cm³/mol. The minimum absolute atomic E-state index is 0.169. The number of hydrogen-bond donors (Lipinski definition) is 0. The summed E-state index contributed by atoms with van der Waals surface area (Å²) < 4.78 is 16.1. The molecule has 2 aromatic carbocycles. The van der Waals surface area contributed by atoms with Crippen LogP contribution in [0, 0.1) is 0 Å². The third kappa shape index (κ3) is 3.45. The average Bonchev–Trinajstić information content (AvgIpc) is 2.92. The number of thioether (sulfide) groups is 1. The molecule has 0 fully saturated rings. The highest BCUT2D eigenvalue weighted by Crippen LogP contribution is 2.32. The first kappa shape index (κ1) is 15.7. The molecule has 0 saturated carbocycles. The quantitative estimate of drug-likeness (QED) is 0.627. The molecule has 3 rings (SSSR count). The molecule has 0 amide bonds. The fraction of sp³-hybridized carbons (Fsp3) is 0.278. The molecular weight excluding hydrogens is 312 g/mol. The molecule has 1 aromatic heterocycles. The molecule has 5 heteroatoms. The second-order valence-electron chi connectivity index (χ2n) is 5.09. The standard InChI is InChI=1S/C18H18O4S/c1-3-21-18(19)11-23-10-12-4-6-16-14(8-12)15-9-13(20-2)5-7-17(15)22-16/h4-9H,3,10-11H2,1-2H3. The molecule has 120 valence electrons. The number of rotatable bonds is 6. The van der Waals surface area contributed by atoms with E-state index in [1.807, 2.05) is 37.3 Å². The Morgan fingerprint density at radius 1 is 1.13 bits per heavy atom. The molecule has 0 bridgehead atoms. The van der Waals surface area contributed by atoms with Gasteiger partial charge in [-0.1, -0.05) is 6.07 Å². The number of benzene rings is 2. The van der Waals surface area contributed by atoms with Crippen LogP contribution >= 0.6 is 11.8 Å². The van der Waals surface area contributed by atoms with Gasteiger partial charge in [0, 0.05) is 16.5 Å². The molecular formula is C18H18O4S. The van der Waals surface area contributed by atoms with Gasteiger partial charge in [-0.05, 0) is 42.8 Å². The van der Waals surface area contributed by atoms with Crippen molar-refractivity contribution in [2.75, 3.05) is 19.5 Å². The van der Waals surface area contributed by atoms with Gasteiger partial charge in [-0.3, -0.25) is 4.79 Å². The molecule has 0 aliphatic carbocycles. The van der Waals surface area contributed by atoms with Crippen molar-refractivity contribution in [1.29, 1.82) is 0 Å². The van der Waals surface area contributed by atoms with E-state index >= 15 is 0 Å². The van der Waals surface area contributed by atoms with Crippen LogP contribution in [0.4, 0.5) is 0 Å². The lowest BCUT2D eigenvalue weighted by molar-refractivity contribution is -0.139. The monoisotopic (exact) mass is 330 g/mol. The number of carbonyl (C=O) groups is 1. The Bertz CT molecular complexity index is 838. The molecule has 23 heavy (non-hydrogen) atoms. The van der Waals surface area contributed by atoms with Crippen LogP contribution in [-0.4, -0.2) is 25.4 Å². The number of hydrogen-bond acceptors (Lipinski definition) is 5. The number of furan rings is 1. The zero-order chi connectivity index (χ0) is 16.2. The molecule has 3 aromatic rings. The van der Waals surface area contributed by atoms with Crippen LogP contribution in [0.5, 0.6) is 5.75 Å². The van der Waals surface area contributed by atoms with E-state index in [0.29, 0.717) is 12.4 Å². The van der Waals surface area contributed by atoms with Crippen molar-refractivity contribution in [2.45, 2.75) is 12.7 Å². The van der Waals surface area contributed by atoms with Gasteiger partial charge < -0.3 is 13.9 Å². The zero-order valence-electron chi connectivity index (χ0n) is 13.1. The first-order valence-corrected chi connectivity index (χ1v) is 8.59. The predicted octanol–water partition coefficient (Wildman–Crippen LogP) is 4.39. The molecule has 0 atom stereocenters. The van der Waals surface area contributed by atoms with Gasteiger partial charge in [0.2, 0.25) is 0 Å². The van der Waals surface area contributed by atoms with Crippen LogP contribution in [0.15, 0.2) is 40.8 Å². The van der Waals surface area contributed by atoms with Crippen molar-refractivity contribution in [3.63, 3.8) is 0 Å². The van der Waals surface area contributed by atoms with E-state index in [1.165, 1.54) is 0 Å². The summed E-state index contributed by atoms with van der Waals surface area (Å²) in [6.45, 7) is 2.24. The number of carbonyl (C=O) groups excluding carboxylic acids is 1. The second-order valence-corrected chi connectivity index (χ2v) is 6.08. The molecule has 0 spiro atoms. The minimum Gasteiger partial charge on any atom is -0.497 e. The summed E-state index contributed by atoms with van der Waals surface area (Å²) in [5, 5.41) is 2.10. The summed E-state index contributed by atoms with van der Waals surface area (Å²) in [5.74, 6) is 1.76. The van der Waals surface area contributed by atoms with Crippen LogP contribution < -0.4 is 4.74 Å². The summed E-state index contributed by atoms with van der Waals surface area (Å²) in [5.41, 5.74) is 2.85. The highest BCUT2D eigenvalue weighted by molar-refractivity contribution is 7.99. The van der Waals surface area contributed by atoms with Crippen LogP contribution in [0.25, 0.3) is 21.9 Å². The molecule has 0 aliphatic rings. The molecule has 0 radical (unpaired) electrons. The van der Waals surface area contributed by atoms with Crippen molar-refractivity contribution in [3.05, 3.63) is 42.0 Å². The van der Waals surface area contributed by atoms with E-state index < -0.39 is 0 Å². The number of ether oxygens (including phenoxy) is 2. The summed E-state index contributed by atoms with van der Waals surface area (Å²) in [6.07, 6.45) is 0. The van der Waals surface area contributed by atoms with Gasteiger partial charge in [0.05, 0.1) is 19.5 Å². The first-order valence-electron chi connectivity index (χ1n) is 7.44. The highest BCUT2D eigenvalue weighted by Gasteiger charge is 2.09. The van der Waals surface area contributed by atoms with Crippen LogP contribution in [0.2, 0.25) is 0 Å². The Kier molecular flexibility index (Phi) is 4.76. The summed E-state index contributed by atoms with van der Waals surface area (Å²) in [4.78, 5) is 11.4. The maximum Gasteiger partial charge on any atom is 0.315 e. The summed E-state index contributed by atoms with van der Waals surface area (Å²) in [7, 11) is 1.65. The zero-order valence-corrected chi connectivity index (χ0v) is 13.9. The Labute approximate surface area is 138 Å². The fourth-order valence-electron chi connectivity index (χ4n) is 2.48. The van der Waals surface area contributed by atoms with Gasteiger partial charge in [0.25, 0.3) is 0 Å². The lowest BCUT2D eigenvalue weighted by atomic mass is 10.1. The van der Waals surface area contributed by atoms with E-state index in [0.717, 1.165) is 39.0 Å². The fourth-order valence-corrected chi connectivity index (χ4v) is 3.24. The smallest absolute Gasteiger partial charge is 0.315 e. The van der Waals surface area contributed by atoms with E-state index in [2.05, 4.69) is 6.07 Å². The van der Waals surface area contributed by atoms with Gasteiger partial charge in [0.15, 0.2) is 0 Å². The first-order chi connectivity index (χ1) is 11.2. The van der Waals surface area contributed by atoms with Gasteiger partial charge in [-0.25, -0.2) is 0 Å². The van der Waals surface area contributed by atoms with Crippen molar-refractivity contribution >= 4 is 39.7 Å². The molecule has 0 saturated heterocycles. The molecule has 0 aliphatic heterocycles. The van der Waals surface area contributed by atoms with Crippen molar-refractivity contribution in [3.8, 4) is 5.75 Å². The maximum atomic E-state index is 11.4. The SMILES string of the molecule is CCOC(=O)CSCc1ccc2oc3ccc(OC)cc3c2c1. The normalized spacial score (nSPS) is 11.0. The molecule has 0 N–H and O–H groups in total. The third-order valence-electron chi connectivity index (χ3n) is 3.53. The Morgan fingerprint density at radius 2 is 1.87 bits per heavy atom. The second kappa shape index (κ2) is 6.96. The molecule has 0 unspecified atom stereocenters. The van der Waals surface area contributed by atoms with Crippen LogP contribution in [0.3, 0.4) is 0 Å². The number of fused-ring (bicyclic) bond motifs is 3. The Balaban J connectivity index is 1.82. The average molecular weight is 330 g/mol. The third-order valence-corrected chi connectivity index (χ3v) is 4.51. The largest absolute Gasteiger partial charge is 0.497 e.